The molecule has 1 heterocycles. The molecule has 110 valence electrons. The lowest BCUT2D eigenvalue weighted by molar-refractivity contribution is 0.0935. The Kier molecular flexibility index (Phi) is 4.47. The molecule has 1 aromatic carbocycles. The van der Waals surface area contributed by atoms with Crippen LogP contribution in [0.25, 0.3) is 0 Å². The number of amides is 1. The number of halogens is 1. The van der Waals surface area contributed by atoms with Crippen LogP contribution in [-0.4, -0.2) is 21.7 Å². The summed E-state index contributed by atoms with van der Waals surface area (Å²) >= 11 is 0. The summed E-state index contributed by atoms with van der Waals surface area (Å²) in [4.78, 5) is 23.7. The summed E-state index contributed by atoms with van der Waals surface area (Å²) in [5, 5.41) is 6.72. The van der Waals surface area contributed by atoms with Gasteiger partial charge in [-0.15, -0.1) is 0 Å². The normalized spacial score (nSPS) is 10.7. The van der Waals surface area contributed by atoms with Gasteiger partial charge in [0.2, 0.25) is 0 Å². The molecule has 0 unspecified atom stereocenters. The maximum atomic E-state index is 13.1. The van der Waals surface area contributed by atoms with Crippen LogP contribution in [0.5, 0.6) is 0 Å². The van der Waals surface area contributed by atoms with E-state index in [0.717, 1.165) is 4.68 Å². The highest BCUT2D eigenvalue weighted by atomic mass is 19.1. The highest BCUT2D eigenvalue weighted by Gasteiger charge is 2.10. The van der Waals surface area contributed by atoms with E-state index in [1.807, 2.05) is 13.8 Å². The first-order valence-electron chi connectivity index (χ1n) is 6.59. The first-order chi connectivity index (χ1) is 9.95. The van der Waals surface area contributed by atoms with E-state index < -0.39 is 0 Å². The van der Waals surface area contributed by atoms with Crippen LogP contribution in [0.4, 0.5) is 4.39 Å². The summed E-state index contributed by atoms with van der Waals surface area (Å²) in [7, 11) is 0. The molecule has 2 rings (SSSR count). The van der Waals surface area contributed by atoms with Gasteiger partial charge >= 0.3 is 0 Å². The fourth-order valence-electron chi connectivity index (χ4n) is 1.83. The van der Waals surface area contributed by atoms with E-state index in [2.05, 4.69) is 10.4 Å². The molecule has 0 atom stereocenters. The van der Waals surface area contributed by atoms with E-state index in [1.54, 1.807) is 12.1 Å². The van der Waals surface area contributed by atoms with Gasteiger partial charge in [0.25, 0.3) is 11.5 Å². The Hall–Kier alpha value is -2.50. The van der Waals surface area contributed by atoms with Crippen LogP contribution in [-0.2, 0) is 6.54 Å². The van der Waals surface area contributed by atoms with Crippen molar-refractivity contribution < 1.29 is 9.18 Å². The van der Waals surface area contributed by atoms with Crippen LogP contribution < -0.4 is 10.9 Å². The summed E-state index contributed by atoms with van der Waals surface area (Å²) in [5.41, 5.74) is 0.408. The van der Waals surface area contributed by atoms with Crippen molar-refractivity contribution in [2.75, 3.05) is 0 Å². The number of benzene rings is 1. The van der Waals surface area contributed by atoms with Gasteiger partial charge in [-0.05, 0) is 37.6 Å². The smallest absolute Gasteiger partial charge is 0.271 e. The maximum absolute atomic E-state index is 13.1. The Morgan fingerprint density at radius 2 is 2.10 bits per heavy atom. The second-order valence-corrected chi connectivity index (χ2v) is 4.97. The second-order valence-electron chi connectivity index (χ2n) is 4.97. The highest BCUT2D eigenvalue weighted by Crippen LogP contribution is 2.04. The number of nitrogens with zero attached hydrogens (tertiary/aromatic N) is 2. The molecule has 0 bridgehead atoms. The lowest BCUT2D eigenvalue weighted by Crippen LogP contribution is -2.33. The quantitative estimate of drug-likeness (QED) is 0.929. The van der Waals surface area contributed by atoms with E-state index in [4.69, 9.17) is 0 Å². The Morgan fingerprint density at radius 1 is 1.33 bits per heavy atom. The maximum Gasteiger partial charge on any atom is 0.271 e. The van der Waals surface area contributed by atoms with Gasteiger partial charge in [0, 0.05) is 12.1 Å². The largest absolute Gasteiger partial charge is 0.348 e. The van der Waals surface area contributed by atoms with Gasteiger partial charge in [0.05, 0.1) is 6.54 Å². The van der Waals surface area contributed by atoms with Gasteiger partial charge in [0.1, 0.15) is 11.5 Å². The molecule has 0 aliphatic heterocycles. The van der Waals surface area contributed by atoms with E-state index in [-0.39, 0.29) is 35.6 Å². The zero-order valence-corrected chi connectivity index (χ0v) is 11.8. The molecule has 1 N–H and O–H groups in total. The molecule has 1 amide bonds. The molecule has 0 aliphatic rings. The number of carbonyl (C=O) groups excluding carboxylic acids is 1. The number of nitrogens with one attached hydrogen (secondary N) is 1. The molecule has 5 nitrogen and oxygen atoms in total. The molecule has 0 fully saturated rings. The molecule has 1 aromatic heterocycles. The van der Waals surface area contributed by atoms with Crippen molar-refractivity contribution in [1.82, 2.24) is 15.1 Å². The van der Waals surface area contributed by atoms with Crippen LogP contribution in [0.3, 0.4) is 0 Å². The summed E-state index contributed by atoms with van der Waals surface area (Å²) in [6.45, 7) is 3.78. The Morgan fingerprint density at radius 3 is 2.76 bits per heavy atom. The molecule has 0 saturated heterocycles. The minimum Gasteiger partial charge on any atom is -0.348 e. The van der Waals surface area contributed by atoms with E-state index in [0.29, 0.717) is 5.56 Å². The number of hydrogen-bond donors (Lipinski definition) is 1. The minimum absolute atomic E-state index is 0.0251. The Labute approximate surface area is 121 Å². The van der Waals surface area contributed by atoms with Crippen molar-refractivity contribution in [3.63, 3.8) is 0 Å². The molecule has 2 aromatic rings. The fourth-order valence-corrected chi connectivity index (χ4v) is 1.83. The number of rotatable bonds is 4. The van der Waals surface area contributed by atoms with Crippen LogP contribution in [0.1, 0.15) is 29.9 Å². The monoisotopic (exact) mass is 289 g/mol. The van der Waals surface area contributed by atoms with E-state index >= 15 is 0 Å². The van der Waals surface area contributed by atoms with E-state index in [1.165, 1.54) is 24.3 Å². The van der Waals surface area contributed by atoms with Gasteiger partial charge in [-0.2, -0.15) is 5.10 Å². The summed E-state index contributed by atoms with van der Waals surface area (Å²) < 4.78 is 14.3. The van der Waals surface area contributed by atoms with Crippen molar-refractivity contribution >= 4 is 5.91 Å². The average molecular weight is 289 g/mol. The number of carbonyl (C=O) groups is 1. The lowest BCUT2D eigenvalue weighted by atomic mass is 10.2. The van der Waals surface area contributed by atoms with Crippen LogP contribution in [0.15, 0.2) is 41.2 Å². The fraction of sp³-hybridized carbons (Fsp3) is 0.267. The SMILES string of the molecule is CC(C)NC(=O)c1ccc(=O)n(Cc2cccc(F)c2)n1. The average Bonchev–Trinajstić information content (AvgIpc) is 2.40. The third-order valence-corrected chi connectivity index (χ3v) is 2.74. The molecule has 0 spiro atoms. The summed E-state index contributed by atoms with van der Waals surface area (Å²) in [5.74, 6) is -0.729. The molecule has 0 radical (unpaired) electrons. The third-order valence-electron chi connectivity index (χ3n) is 2.74. The van der Waals surface area contributed by atoms with Crippen molar-refractivity contribution in [3.05, 3.63) is 63.8 Å². The lowest BCUT2D eigenvalue weighted by Gasteiger charge is -2.09. The van der Waals surface area contributed by atoms with Gasteiger partial charge < -0.3 is 5.32 Å². The zero-order chi connectivity index (χ0) is 15.4. The molecule has 21 heavy (non-hydrogen) atoms. The molecule has 0 aliphatic carbocycles. The van der Waals surface area contributed by atoms with Crippen molar-refractivity contribution in [3.8, 4) is 0 Å². The number of aromatic nitrogens is 2. The third kappa shape index (κ3) is 3.98. The van der Waals surface area contributed by atoms with Crippen molar-refractivity contribution in [2.45, 2.75) is 26.4 Å². The van der Waals surface area contributed by atoms with Crippen molar-refractivity contribution in [1.29, 1.82) is 0 Å². The van der Waals surface area contributed by atoms with Crippen LogP contribution in [0.2, 0.25) is 0 Å². The highest BCUT2D eigenvalue weighted by molar-refractivity contribution is 5.92. The second kappa shape index (κ2) is 6.30. The van der Waals surface area contributed by atoms with Crippen molar-refractivity contribution in [2.24, 2.45) is 0 Å². The van der Waals surface area contributed by atoms with Crippen LogP contribution in [0, 0.1) is 5.82 Å². The molecular weight excluding hydrogens is 273 g/mol. The summed E-state index contributed by atoms with van der Waals surface area (Å²) in [6, 6.07) is 8.54. The number of hydrogen-bond acceptors (Lipinski definition) is 3. The standard InChI is InChI=1S/C15H16FN3O2/c1-10(2)17-15(21)13-6-7-14(20)19(18-13)9-11-4-3-5-12(16)8-11/h3-8,10H,9H2,1-2H3,(H,17,21). The van der Waals surface area contributed by atoms with E-state index in [9.17, 15) is 14.0 Å². The summed E-state index contributed by atoms with van der Waals surface area (Å²) in [6.07, 6.45) is 0. The molecule has 0 saturated carbocycles. The predicted molar refractivity (Wildman–Crippen MR) is 76.6 cm³/mol. The predicted octanol–water partition coefficient (Wildman–Crippen LogP) is 1.57. The topological polar surface area (TPSA) is 64.0 Å². The van der Waals surface area contributed by atoms with Gasteiger partial charge in [-0.3, -0.25) is 9.59 Å². The van der Waals surface area contributed by atoms with Gasteiger partial charge in [-0.1, -0.05) is 12.1 Å². The van der Waals surface area contributed by atoms with Gasteiger partial charge in [-0.25, -0.2) is 9.07 Å². The minimum atomic E-state index is -0.380. The molecular formula is C15H16FN3O2. The Balaban J connectivity index is 2.27. The Bertz CT molecular complexity index is 710. The first-order valence-corrected chi connectivity index (χ1v) is 6.59. The van der Waals surface area contributed by atoms with Crippen LogP contribution >= 0.6 is 0 Å². The molecule has 6 heteroatoms. The zero-order valence-electron chi connectivity index (χ0n) is 11.8. The first kappa shape index (κ1) is 14.9. The van der Waals surface area contributed by atoms with Gasteiger partial charge in [0.15, 0.2) is 0 Å².